The van der Waals surface area contributed by atoms with Crippen LogP contribution in [0.5, 0.6) is 0 Å². The minimum atomic E-state index is 0.867. The highest BCUT2D eigenvalue weighted by Gasteiger charge is 2.12. The average Bonchev–Trinajstić information content (AvgIpc) is 2.57. The normalized spacial score (nSPS) is 23.2. The molecule has 1 atom stereocenters. The van der Waals surface area contributed by atoms with Crippen molar-refractivity contribution < 1.29 is 0 Å². The minimum absolute atomic E-state index is 0.867. The van der Waals surface area contributed by atoms with Crippen LogP contribution in [0, 0.1) is 0 Å². The zero-order valence-corrected chi connectivity index (χ0v) is 8.44. The van der Waals surface area contributed by atoms with Crippen LogP contribution in [0.2, 0.25) is 0 Å². The molecule has 1 saturated heterocycles. The fourth-order valence-electron chi connectivity index (χ4n) is 2.00. The standard InChI is InChI=1S/C11H23N/c1-2-3-4-5-6-8-11-9-7-10-12-11/h11-12H,2-10H2,1H3. The molecule has 1 heterocycles. The molecule has 0 aromatic heterocycles. The van der Waals surface area contributed by atoms with Crippen LogP contribution in [0.4, 0.5) is 0 Å². The summed E-state index contributed by atoms with van der Waals surface area (Å²) in [4.78, 5) is 0. The van der Waals surface area contributed by atoms with Gasteiger partial charge in [-0.2, -0.15) is 0 Å². The fourth-order valence-corrected chi connectivity index (χ4v) is 2.00. The molecule has 1 rings (SSSR count). The molecule has 1 aliphatic rings. The first kappa shape index (κ1) is 10.0. The maximum Gasteiger partial charge on any atom is 0.00675 e. The second-order valence-electron chi connectivity index (χ2n) is 4.00. The molecule has 1 nitrogen and oxygen atoms in total. The topological polar surface area (TPSA) is 12.0 Å². The van der Waals surface area contributed by atoms with Crippen LogP contribution in [0.1, 0.15) is 58.3 Å². The summed E-state index contributed by atoms with van der Waals surface area (Å²) in [6, 6.07) is 0.867. The maximum absolute atomic E-state index is 3.55. The summed E-state index contributed by atoms with van der Waals surface area (Å²) in [5.74, 6) is 0. The van der Waals surface area contributed by atoms with Crippen molar-refractivity contribution in [2.75, 3.05) is 6.54 Å². The van der Waals surface area contributed by atoms with E-state index in [1.165, 1.54) is 57.9 Å². The summed E-state index contributed by atoms with van der Waals surface area (Å²) in [7, 11) is 0. The van der Waals surface area contributed by atoms with E-state index in [2.05, 4.69) is 12.2 Å². The van der Waals surface area contributed by atoms with E-state index in [4.69, 9.17) is 0 Å². The predicted molar refractivity (Wildman–Crippen MR) is 54.4 cm³/mol. The van der Waals surface area contributed by atoms with Crippen molar-refractivity contribution in [3.8, 4) is 0 Å². The van der Waals surface area contributed by atoms with Crippen LogP contribution in [0.15, 0.2) is 0 Å². The Hall–Kier alpha value is -0.0400. The van der Waals surface area contributed by atoms with Gasteiger partial charge in [0.15, 0.2) is 0 Å². The Bertz CT molecular complexity index is 95.2. The molecule has 1 N–H and O–H groups in total. The van der Waals surface area contributed by atoms with Gasteiger partial charge >= 0.3 is 0 Å². The highest BCUT2D eigenvalue weighted by atomic mass is 14.9. The fraction of sp³-hybridized carbons (Fsp3) is 1.00. The first-order valence-electron chi connectivity index (χ1n) is 5.67. The van der Waals surface area contributed by atoms with E-state index in [1.807, 2.05) is 0 Å². The third-order valence-electron chi connectivity index (χ3n) is 2.82. The zero-order valence-electron chi connectivity index (χ0n) is 8.44. The molecule has 0 aromatic rings. The van der Waals surface area contributed by atoms with Crippen molar-refractivity contribution in [3.63, 3.8) is 0 Å². The molecule has 0 aliphatic carbocycles. The summed E-state index contributed by atoms with van der Waals surface area (Å²) in [6.45, 7) is 3.54. The minimum Gasteiger partial charge on any atom is -0.314 e. The van der Waals surface area contributed by atoms with E-state index in [-0.39, 0.29) is 0 Å². The third-order valence-corrected chi connectivity index (χ3v) is 2.82. The molecule has 0 bridgehead atoms. The van der Waals surface area contributed by atoms with Crippen LogP contribution in [-0.4, -0.2) is 12.6 Å². The van der Waals surface area contributed by atoms with Gasteiger partial charge in [-0.15, -0.1) is 0 Å². The second kappa shape index (κ2) is 6.47. The lowest BCUT2D eigenvalue weighted by Crippen LogP contribution is -2.20. The number of nitrogens with one attached hydrogen (secondary N) is 1. The van der Waals surface area contributed by atoms with Crippen LogP contribution in [0.25, 0.3) is 0 Å². The molecule has 0 aromatic carbocycles. The molecule has 0 radical (unpaired) electrons. The SMILES string of the molecule is CCCCCCCC1CCCN1. The van der Waals surface area contributed by atoms with Crippen LogP contribution < -0.4 is 5.32 Å². The van der Waals surface area contributed by atoms with Crippen molar-refractivity contribution in [1.29, 1.82) is 0 Å². The summed E-state index contributed by atoms with van der Waals surface area (Å²) >= 11 is 0. The van der Waals surface area contributed by atoms with E-state index >= 15 is 0 Å². The van der Waals surface area contributed by atoms with Gasteiger partial charge in [0.1, 0.15) is 0 Å². The van der Waals surface area contributed by atoms with E-state index < -0.39 is 0 Å². The Labute approximate surface area is 76.9 Å². The highest BCUT2D eigenvalue weighted by molar-refractivity contribution is 4.73. The van der Waals surface area contributed by atoms with E-state index in [1.54, 1.807) is 0 Å². The summed E-state index contributed by atoms with van der Waals surface area (Å²) in [6.07, 6.45) is 11.4. The average molecular weight is 169 g/mol. The van der Waals surface area contributed by atoms with Gasteiger partial charge in [-0.1, -0.05) is 39.0 Å². The lowest BCUT2D eigenvalue weighted by atomic mass is 10.1. The third kappa shape index (κ3) is 4.10. The first-order valence-corrected chi connectivity index (χ1v) is 5.67. The molecular formula is C11H23N. The zero-order chi connectivity index (χ0) is 8.65. The predicted octanol–water partition coefficient (Wildman–Crippen LogP) is 3.10. The lowest BCUT2D eigenvalue weighted by molar-refractivity contribution is 0.508. The Morgan fingerprint density at radius 2 is 2.00 bits per heavy atom. The second-order valence-corrected chi connectivity index (χ2v) is 4.00. The molecule has 1 aliphatic heterocycles. The van der Waals surface area contributed by atoms with Gasteiger partial charge < -0.3 is 5.32 Å². The Balaban J connectivity index is 1.81. The smallest absolute Gasteiger partial charge is 0.00675 e. The van der Waals surface area contributed by atoms with E-state index in [0.29, 0.717) is 0 Å². The van der Waals surface area contributed by atoms with Gasteiger partial charge in [0.2, 0.25) is 0 Å². The summed E-state index contributed by atoms with van der Waals surface area (Å²) < 4.78 is 0. The quantitative estimate of drug-likeness (QED) is 0.602. The van der Waals surface area contributed by atoms with E-state index in [0.717, 1.165) is 6.04 Å². The molecule has 0 spiro atoms. The van der Waals surface area contributed by atoms with Crippen LogP contribution in [0.3, 0.4) is 0 Å². The van der Waals surface area contributed by atoms with Crippen LogP contribution >= 0.6 is 0 Å². The Morgan fingerprint density at radius 1 is 1.17 bits per heavy atom. The number of rotatable bonds is 6. The van der Waals surface area contributed by atoms with Gasteiger partial charge in [-0.3, -0.25) is 0 Å². The maximum atomic E-state index is 3.55. The van der Waals surface area contributed by atoms with E-state index in [9.17, 15) is 0 Å². The molecule has 0 amide bonds. The Kier molecular flexibility index (Phi) is 5.42. The first-order chi connectivity index (χ1) is 5.93. The lowest BCUT2D eigenvalue weighted by Gasteiger charge is -2.08. The highest BCUT2D eigenvalue weighted by Crippen LogP contribution is 2.13. The number of hydrogen-bond donors (Lipinski definition) is 1. The number of unbranched alkanes of at least 4 members (excludes halogenated alkanes) is 4. The molecule has 12 heavy (non-hydrogen) atoms. The Morgan fingerprint density at radius 3 is 2.67 bits per heavy atom. The van der Waals surface area contributed by atoms with Crippen LogP contribution in [-0.2, 0) is 0 Å². The van der Waals surface area contributed by atoms with Gasteiger partial charge in [-0.05, 0) is 25.8 Å². The van der Waals surface area contributed by atoms with Crippen molar-refractivity contribution >= 4 is 0 Å². The molecule has 72 valence electrons. The van der Waals surface area contributed by atoms with Crippen molar-refractivity contribution in [2.24, 2.45) is 0 Å². The number of hydrogen-bond acceptors (Lipinski definition) is 1. The van der Waals surface area contributed by atoms with Gasteiger partial charge in [0.25, 0.3) is 0 Å². The monoisotopic (exact) mass is 169 g/mol. The van der Waals surface area contributed by atoms with Gasteiger partial charge in [0.05, 0.1) is 0 Å². The van der Waals surface area contributed by atoms with Crippen molar-refractivity contribution in [1.82, 2.24) is 5.32 Å². The molecular weight excluding hydrogens is 146 g/mol. The van der Waals surface area contributed by atoms with Crippen molar-refractivity contribution in [3.05, 3.63) is 0 Å². The van der Waals surface area contributed by atoms with Gasteiger partial charge in [0, 0.05) is 6.04 Å². The van der Waals surface area contributed by atoms with Crippen molar-refractivity contribution in [2.45, 2.75) is 64.3 Å². The summed E-state index contributed by atoms with van der Waals surface area (Å²) in [5.41, 5.74) is 0. The molecule has 1 unspecified atom stereocenters. The molecule has 1 fully saturated rings. The summed E-state index contributed by atoms with van der Waals surface area (Å²) in [5, 5.41) is 3.55. The molecule has 0 saturated carbocycles. The largest absolute Gasteiger partial charge is 0.314 e. The molecule has 1 heteroatoms. The van der Waals surface area contributed by atoms with Gasteiger partial charge in [-0.25, -0.2) is 0 Å².